The SMILES string of the molecule is COCCCO[C@@H]1C[C@H](CO[Si](c2ccccc2)(c2ccccc2)C(C)(C)C)N(C(=O)O)C1. The van der Waals surface area contributed by atoms with Crippen LogP contribution in [0.15, 0.2) is 60.7 Å². The zero-order chi connectivity index (χ0) is 23.9. The predicted molar refractivity (Wildman–Crippen MR) is 133 cm³/mol. The number of likely N-dealkylation sites (tertiary alicyclic amines) is 1. The van der Waals surface area contributed by atoms with Crippen molar-refractivity contribution in [3.8, 4) is 0 Å². The number of carboxylic acid groups (broad SMARTS) is 1. The Bertz CT molecular complexity index is 832. The zero-order valence-corrected chi connectivity index (χ0v) is 21.2. The van der Waals surface area contributed by atoms with Gasteiger partial charge in [-0.2, -0.15) is 0 Å². The van der Waals surface area contributed by atoms with Gasteiger partial charge in [0.25, 0.3) is 8.32 Å². The highest BCUT2D eigenvalue weighted by Gasteiger charge is 2.51. The van der Waals surface area contributed by atoms with Gasteiger partial charge in [-0.1, -0.05) is 81.4 Å². The highest BCUT2D eigenvalue weighted by molar-refractivity contribution is 6.99. The molecule has 0 unspecified atom stereocenters. The lowest BCUT2D eigenvalue weighted by atomic mass is 10.2. The van der Waals surface area contributed by atoms with Crippen LogP contribution in [0.5, 0.6) is 0 Å². The largest absolute Gasteiger partial charge is 0.465 e. The molecule has 0 radical (unpaired) electrons. The van der Waals surface area contributed by atoms with Crippen LogP contribution in [0.4, 0.5) is 4.79 Å². The van der Waals surface area contributed by atoms with E-state index in [0.717, 1.165) is 6.42 Å². The number of hydrogen-bond donors (Lipinski definition) is 1. The second-order valence-corrected chi connectivity index (χ2v) is 13.9. The molecule has 1 amide bonds. The maximum Gasteiger partial charge on any atom is 0.407 e. The Morgan fingerprint density at radius 2 is 1.61 bits per heavy atom. The molecule has 3 rings (SSSR count). The van der Waals surface area contributed by atoms with Crippen molar-refractivity contribution >= 4 is 24.8 Å². The van der Waals surface area contributed by atoms with Crippen molar-refractivity contribution in [2.75, 3.05) is 33.5 Å². The second-order valence-electron chi connectivity index (χ2n) is 9.64. The number of amides is 1. The molecular weight excluding hydrogens is 434 g/mol. The Morgan fingerprint density at radius 1 is 1.03 bits per heavy atom. The number of methoxy groups -OCH3 is 1. The fourth-order valence-electron chi connectivity index (χ4n) is 4.82. The molecule has 33 heavy (non-hydrogen) atoms. The zero-order valence-electron chi connectivity index (χ0n) is 20.2. The highest BCUT2D eigenvalue weighted by Crippen LogP contribution is 2.37. The fraction of sp³-hybridized carbons (Fsp3) is 0.500. The van der Waals surface area contributed by atoms with E-state index in [0.29, 0.717) is 32.8 Å². The van der Waals surface area contributed by atoms with Crippen LogP contribution < -0.4 is 10.4 Å². The van der Waals surface area contributed by atoms with Crippen molar-refractivity contribution in [1.82, 2.24) is 4.90 Å². The molecule has 2 atom stereocenters. The van der Waals surface area contributed by atoms with Gasteiger partial charge in [0.2, 0.25) is 0 Å². The average molecular weight is 472 g/mol. The molecule has 1 fully saturated rings. The van der Waals surface area contributed by atoms with Gasteiger partial charge in [-0.25, -0.2) is 4.79 Å². The molecule has 0 bridgehead atoms. The minimum Gasteiger partial charge on any atom is -0.465 e. The molecule has 0 aromatic heterocycles. The lowest BCUT2D eigenvalue weighted by Gasteiger charge is -2.43. The monoisotopic (exact) mass is 471 g/mol. The number of ether oxygens (including phenoxy) is 2. The van der Waals surface area contributed by atoms with E-state index in [-0.39, 0.29) is 17.2 Å². The number of nitrogens with zero attached hydrogens (tertiary/aromatic N) is 1. The molecular formula is C26H37NO5Si. The molecule has 0 aliphatic carbocycles. The Balaban J connectivity index is 1.87. The normalized spacial score (nSPS) is 19.1. The summed E-state index contributed by atoms with van der Waals surface area (Å²) >= 11 is 0. The molecule has 2 aromatic carbocycles. The van der Waals surface area contributed by atoms with Crippen LogP contribution in [0.25, 0.3) is 0 Å². The minimum absolute atomic E-state index is 0.120. The van der Waals surface area contributed by atoms with Crippen LogP contribution in [-0.2, 0) is 13.9 Å². The van der Waals surface area contributed by atoms with E-state index < -0.39 is 14.4 Å². The highest BCUT2D eigenvalue weighted by atomic mass is 28.4. The fourth-order valence-corrected chi connectivity index (χ4v) is 9.42. The van der Waals surface area contributed by atoms with Crippen LogP contribution in [0.2, 0.25) is 5.04 Å². The molecule has 6 nitrogen and oxygen atoms in total. The summed E-state index contributed by atoms with van der Waals surface area (Å²) in [4.78, 5) is 13.5. The summed E-state index contributed by atoms with van der Waals surface area (Å²) in [6, 6.07) is 20.6. The van der Waals surface area contributed by atoms with Crippen LogP contribution in [0, 0.1) is 0 Å². The van der Waals surface area contributed by atoms with Gasteiger partial charge in [0.15, 0.2) is 0 Å². The molecule has 180 valence electrons. The van der Waals surface area contributed by atoms with Crippen LogP contribution in [-0.4, -0.2) is 70.0 Å². The van der Waals surface area contributed by atoms with E-state index in [2.05, 4.69) is 69.3 Å². The van der Waals surface area contributed by atoms with Gasteiger partial charge < -0.3 is 23.9 Å². The standard InChI is InChI=1S/C26H37NO5Si/c1-26(2,3)33(23-12-7-5-8-13-23,24-14-9-6-10-15-24)32-20-21-18-22(19-27(21)25(28)29)31-17-11-16-30-4/h5-10,12-15,21-22H,11,16-20H2,1-4H3,(H,28,29)/t21-,22-/m1/s1. The first kappa shape index (κ1) is 25.4. The van der Waals surface area contributed by atoms with Crippen molar-refractivity contribution in [1.29, 1.82) is 0 Å². The van der Waals surface area contributed by atoms with Crippen molar-refractivity contribution < 1.29 is 23.8 Å². The summed E-state index contributed by atoms with van der Waals surface area (Å²) in [6.45, 7) is 8.60. The third kappa shape index (κ3) is 5.84. The van der Waals surface area contributed by atoms with Gasteiger partial charge in [-0.05, 0) is 28.3 Å². The molecule has 7 heteroatoms. The summed E-state index contributed by atoms with van der Waals surface area (Å²) in [5.41, 5.74) is 0. The van der Waals surface area contributed by atoms with Crippen LogP contribution in [0.1, 0.15) is 33.6 Å². The van der Waals surface area contributed by atoms with Crippen molar-refractivity contribution in [2.24, 2.45) is 0 Å². The molecule has 2 aromatic rings. The molecule has 1 aliphatic heterocycles. The second kappa shape index (κ2) is 11.3. The van der Waals surface area contributed by atoms with Gasteiger partial charge in [-0.15, -0.1) is 0 Å². The first-order valence-corrected chi connectivity index (χ1v) is 13.6. The lowest BCUT2D eigenvalue weighted by Crippen LogP contribution is -2.67. The molecule has 1 heterocycles. The quantitative estimate of drug-likeness (QED) is 0.422. The predicted octanol–water partition coefficient (Wildman–Crippen LogP) is 3.74. The van der Waals surface area contributed by atoms with Gasteiger partial charge in [0.1, 0.15) is 0 Å². The number of rotatable bonds is 10. The third-order valence-electron chi connectivity index (χ3n) is 6.38. The summed E-state index contributed by atoms with van der Waals surface area (Å²) in [6.07, 6.45) is 0.389. The maximum absolute atomic E-state index is 12.0. The number of benzene rings is 2. The number of carbonyl (C=O) groups is 1. The Morgan fingerprint density at radius 3 is 2.09 bits per heavy atom. The van der Waals surface area contributed by atoms with Crippen molar-refractivity contribution in [3.05, 3.63) is 60.7 Å². The number of hydrogen-bond acceptors (Lipinski definition) is 4. The first-order chi connectivity index (χ1) is 15.8. The van der Waals surface area contributed by atoms with Gasteiger partial charge in [0.05, 0.1) is 25.3 Å². The maximum atomic E-state index is 12.0. The summed E-state index contributed by atoms with van der Waals surface area (Å²) in [5, 5.41) is 12.1. The molecule has 0 spiro atoms. The summed E-state index contributed by atoms with van der Waals surface area (Å²) < 4.78 is 18.0. The topological polar surface area (TPSA) is 68.2 Å². The lowest BCUT2D eigenvalue weighted by molar-refractivity contribution is 0.0447. The van der Waals surface area contributed by atoms with E-state index in [9.17, 15) is 9.90 Å². The van der Waals surface area contributed by atoms with E-state index >= 15 is 0 Å². The average Bonchev–Trinajstić information content (AvgIpc) is 3.21. The summed E-state index contributed by atoms with van der Waals surface area (Å²) in [7, 11) is -1.05. The summed E-state index contributed by atoms with van der Waals surface area (Å²) in [5.74, 6) is 0. The third-order valence-corrected chi connectivity index (χ3v) is 11.4. The Hall–Kier alpha value is -2.19. The van der Waals surface area contributed by atoms with E-state index in [1.807, 2.05) is 12.1 Å². The van der Waals surface area contributed by atoms with Gasteiger partial charge >= 0.3 is 6.09 Å². The molecule has 1 saturated heterocycles. The van der Waals surface area contributed by atoms with Crippen molar-refractivity contribution in [3.63, 3.8) is 0 Å². The van der Waals surface area contributed by atoms with Crippen LogP contribution >= 0.6 is 0 Å². The Kier molecular flexibility index (Phi) is 8.70. The van der Waals surface area contributed by atoms with Crippen molar-refractivity contribution in [2.45, 2.75) is 50.8 Å². The van der Waals surface area contributed by atoms with E-state index in [1.54, 1.807) is 7.11 Å². The molecule has 1 aliphatic rings. The molecule has 1 N–H and O–H groups in total. The smallest absolute Gasteiger partial charge is 0.407 e. The Labute approximate surface area is 198 Å². The molecule has 0 saturated carbocycles. The van der Waals surface area contributed by atoms with Crippen LogP contribution in [0.3, 0.4) is 0 Å². The van der Waals surface area contributed by atoms with Gasteiger partial charge in [0, 0.05) is 20.3 Å². The van der Waals surface area contributed by atoms with E-state index in [4.69, 9.17) is 13.9 Å². The van der Waals surface area contributed by atoms with Gasteiger partial charge in [-0.3, -0.25) is 0 Å². The minimum atomic E-state index is -2.72. The van der Waals surface area contributed by atoms with E-state index in [1.165, 1.54) is 15.3 Å². The first-order valence-electron chi connectivity index (χ1n) is 11.6.